The number of hydrogen-bond acceptors (Lipinski definition) is 6. The standard InChI is InChI=1S/C15H16N4O4S/c1-24(21,22)15-19-18-14(23-15)6-7-16-13(20)8-10-9-17-12-5-3-2-4-11(10)12/h2-5,9,17H,6-8H2,1H3,(H,16,20). The minimum Gasteiger partial charge on any atom is -0.412 e. The van der Waals surface area contributed by atoms with Gasteiger partial charge in [0.25, 0.3) is 0 Å². The van der Waals surface area contributed by atoms with E-state index in [1.807, 2.05) is 30.5 Å². The molecule has 0 aliphatic carbocycles. The number of aromatic nitrogens is 3. The van der Waals surface area contributed by atoms with Gasteiger partial charge in [-0.05, 0) is 11.6 Å². The monoisotopic (exact) mass is 348 g/mol. The van der Waals surface area contributed by atoms with E-state index in [2.05, 4.69) is 20.5 Å². The fourth-order valence-electron chi connectivity index (χ4n) is 2.31. The third-order valence-corrected chi connectivity index (χ3v) is 4.25. The molecule has 0 spiro atoms. The quantitative estimate of drug-likeness (QED) is 0.682. The highest BCUT2D eigenvalue weighted by molar-refractivity contribution is 7.90. The van der Waals surface area contributed by atoms with E-state index >= 15 is 0 Å². The zero-order valence-electron chi connectivity index (χ0n) is 12.9. The van der Waals surface area contributed by atoms with E-state index in [0.717, 1.165) is 22.7 Å². The second-order valence-corrected chi connectivity index (χ2v) is 7.26. The number of aromatic amines is 1. The van der Waals surface area contributed by atoms with Crippen molar-refractivity contribution >= 4 is 26.6 Å². The Balaban J connectivity index is 1.54. The van der Waals surface area contributed by atoms with Gasteiger partial charge in [0.15, 0.2) is 0 Å². The number of carbonyl (C=O) groups excluding carboxylic acids is 1. The Kier molecular flexibility index (Phi) is 4.34. The SMILES string of the molecule is CS(=O)(=O)c1nnc(CCNC(=O)Cc2c[nH]c3ccccc23)o1. The van der Waals surface area contributed by atoms with Crippen LogP contribution in [0, 0.1) is 0 Å². The Morgan fingerprint density at radius 1 is 1.29 bits per heavy atom. The molecule has 126 valence electrons. The van der Waals surface area contributed by atoms with Crippen molar-refractivity contribution in [1.82, 2.24) is 20.5 Å². The number of sulfone groups is 1. The van der Waals surface area contributed by atoms with Gasteiger partial charge in [-0.15, -0.1) is 5.10 Å². The van der Waals surface area contributed by atoms with Crippen molar-refractivity contribution in [2.45, 2.75) is 18.1 Å². The highest BCUT2D eigenvalue weighted by Gasteiger charge is 2.16. The minimum atomic E-state index is -3.51. The predicted octanol–water partition coefficient (Wildman–Crippen LogP) is 0.856. The Hall–Kier alpha value is -2.68. The van der Waals surface area contributed by atoms with Crippen LogP contribution in [0.5, 0.6) is 0 Å². The average molecular weight is 348 g/mol. The van der Waals surface area contributed by atoms with Crippen molar-refractivity contribution < 1.29 is 17.6 Å². The molecule has 0 radical (unpaired) electrons. The fraction of sp³-hybridized carbons (Fsp3) is 0.267. The zero-order chi connectivity index (χ0) is 17.2. The van der Waals surface area contributed by atoms with Gasteiger partial charge in [0.05, 0.1) is 6.42 Å². The van der Waals surface area contributed by atoms with Gasteiger partial charge >= 0.3 is 5.22 Å². The van der Waals surface area contributed by atoms with Gasteiger partial charge in [-0.1, -0.05) is 23.3 Å². The molecule has 1 aromatic carbocycles. The first kappa shape index (κ1) is 16.2. The molecule has 8 nitrogen and oxygen atoms in total. The van der Waals surface area contributed by atoms with Crippen LogP contribution in [0.1, 0.15) is 11.5 Å². The first-order valence-electron chi connectivity index (χ1n) is 7.27. The number of para-hydroxylation sites is 1. The largest absolute Gasteiger partial charge is 0.412 e. The summed E-state index contributed by atoms with van der Waals surface area (Å²) in [4.78, 5) is 15.1. The third kappa shape index (κ3) is 3.62. The van der Waals surface area contributed by atoms with Crippen molar-refractivity contribution in [3.63, 3.8) is 0 Å². The summed E-state index contributed by atoms with van der Waals surface area (Å²) in [6.45, 7) is 0.284. The van der Waals surface area contributed by atoms with Gasteiger partial charge in [0.2, 0.25) is 21.6 Å². The van der Waals surface area contributed by atoms with E-state index in [1.165, 1.54) is 0 Å². The molecule has 0 fully saturated rings. The summed E-state index contributed by atoms with van der Waals surface area (Å²) in [5.41, 5.74) is 1.90. The van der Waals surface area contributed by atoms with Crippen LogP contribution >= 0.6 is 0 Å². The molecular formula is C15H16N4O4S. The number of fused-ring (bicyclic) bond motifs is 1. The number of benzene rings is 1. The van der Waals surface area contributed by atoms with Gasteiger partial charge < -0.3 is 14.7 Å². The molecule has 2 heterocycles. The Morgan fingerprint density at radius 3 is 2.83 bits per heavy atom. The summed E-state index contributed by atoms with van der Waals surface area (Å²) in [6, 6.07) is 7.76. The van der Waals surface area contributed by atoms with Gasteiger partial charge in [0.1, 0.15) is 0 Å². The van der Waals surface area contributed by atoms with Crippen molar-refractivity contribution in [2.75, 3.05) is 12.8 Å². The summed E-state index contributed by atoms with van der Waals surface area (Å²) in [5.74, 6) is 0.0328. The Labute approximate surface area is 138 Å². The molecule has 2 aromatic heterocycles. The number of H-pyrrole nitrogens is 1. The van der Waals surface area contributed by atoms with Crippen LogP contribution < -0.4 is 5.32 Å². The first-order valence-corrected chi connectivity index (χ1v) is 9.17. The number of hydrogen-bond donors (Lipinski definition) is 2. The molecule has 0 saturated carbocycles. The van der Waals surface area contributed by atoms with E-state index in [1.54, 1.807) is 0 Å². The Morgan fingerprint density at radius 2 is 2.08 bits per heavy atom. The second-order valence-electron chi connectivity index (χ2n) is 5.37. The van der Waals surface area contributed by atoms with E-state index < -0.39 is 15.1 Å². The second kappa shape index (κ2) is 6.44. The molecule has 0 aliphatic heterocycles. The topological polar surface area (TPSA) is 118 Å². The molecule has 3 rings (SSSR count). The maximum atomic E-state index is 12.0. The van der Waals surface area contributed by atoms with E-state index in [4.69, 9.17) is 4.42 Å². The van der Waals surface area contributed by atoms with Gasteiger partial charge in [0, 0.05) is 36.3 Å². The van der Waals surface area contributed by atoms with Crippen LogP contribution in [0.25, 0.3) is 10.9 Å². The summed E-state index contributed by atoms with van der Waals surface area (Å²) in [5, 5.41) is 10.5. The van der Waals surface area contributed by atoms with Crippen LogP contribution in [-0.4, -0.2) is 42.3 Å². The maximum absolute atomic E-state index is 12.0. The lowest BCUT2D eigenvalue weighted by molar-refractivity contribution is -0.120. The summed E-state index contributed by atoms with van der Waals surface area (Å²) in [6.07, 6.45) is 3.33. The van der Waals surface area contributed by atoms with Crippen LogP contribution in [0.3, 0.4) is 0 Å². The first-order chi connectivity index (χ1) is 11.4. The lowest BCUT2D eigenvalue weighted by Gasteiger charge is -2.03. The predicted molar refractivity (Wildman–Crippen MR) is 86.1 cm³/mol. The van der Waals surface area contributed by atoms with Crippen LogP contribution in [0.4, 0.5) is 0 Å². The lowest BCUT2D eigenvalue weighted by Crippen LogP contribution is -2.27. The summed E-state index contributed by atoms with van der Waals surface area (Å²) >= 11 is 0. The smallest absolute Gasteiger partial charge is 0.335 e. The summed E-state index contributed by atoms with van der Waals surface area (Å²) < 4.78 is 27.5. The van der Waals surface area contributed by atoms with Crippen molar-refractivity contribution in [2.24, 2.45) is 0 Å². The van der Waals surface area contributed by atoms with E-state index in [-0.39, 0.29) is 31.2 Å². The molecule has 0 aliphatic rings. The fourth-order valence-corrected chi connectivity index (χ4v) is 2.75. The molecule has 9 heteroatoms. The molecule has 24 heavy (non-hydrogen) atoms. The van der Waals surface area contributed by atoms with Crippen molar-refractivity contribution in [1.29, 1.82) is 0 Å². The molecular weight excluding hydrogens is 332 g/mol. The molecule has 0 bridgehead atoms. The van der Waals surface area contributed by atoms with Crippen LogP contribution in [0.15, 0.2) is 40.1 Å². The lowest BCUT2D eigenvalue weighted by atomic mass is 10.1. The average Bonchev–Trinajstić information content (AvgIpc) is 3.15. The molecule has 0 saturated heterocycles. The van der Waals surface area contributed by atoms with Crippen LogP contribution in [0.2, 0.25) is 0 Å². The molecule has 3 aromatic rings. The number of amides is 1. The van der Waals surface area contributed by atoms with Gasteiger partial charge in [-0.2, -0.15) is 0 Å². The molecule has 2 N–H and O–H groups in total. The van der Waals surface area contributed by atoms with E-state index in [9.17, 15) is 13.2 Å². The van der Waals surface area contributed by atoms with Gasteiger partial charge in [-0.3, -0.25) is 4.79 Å². The maximum Gasteiger partial charge on any atom is 0.335 e. The minimum absolute atomic E-state index is 0.136. The highest BCUT2D eigenvalue weighted by atomic mass is 32.2. The number of nitrogens with zero attached hydrogens (tertiary/aromatic N) is 2. The van der Waals surface area contributed by atoms with E-state index in [0.29, 0.717) is 0 Å². The normalized spacial score (nSPS) is 11.7. The zero-order valence-corrected chi connectivity index (χ0v) is 13.8. The van der Waals surface area contributed by atoms with Crippen LogP contribution in [-0.2, 0) is 27.5 Å². The highest BCUT2D eigenvalue weighted by Crippen LogP contribution is 2.17. The molecule has 0 atom stereocenters. The number of nitrogens with one attached hydrogen (secondary N) is 2. The van der Waals surface area contributed by atoms with Crippen molar-refractivity contribution in [3.8, 4) is 0 Å². The van der Waals surface area contributed by atoms with Crippen molar-refractivity contribution in [3.05, 3.63) is 41.9 Å². The number of carbonyl (C=O) groups is 1. The Bertz CT molecular complexity index is 974. The number of rotatable bonds is 6. The summed E-state index contributed by atoms with van der Waals surface area (Å²) in [7, 11) is -3.51. The molecule has 0 unspecified atom stereocenters. The third-order valence-electron chi connectivity index (χ3n) is 3.45. The van der Waals surface area contributed by atoms with Gasteiger partial charge in [-0.25, -0.2) is 8.42 Å². The molecule has 1 amide bonds.